The second-order valence-electron chi connectivity index (χ2n) is 14.1. The van der Waals surface area contributed by atoms with Gasteiger partial charge in [0.2, 0.25) is 44.3 Å². The predicted molar refractivity (Wildman–Crippen MR) is 238 cm³/mol. The zero-order valence-corrected chi connectivity index (χ0v) is 36.1. The molecule has 0 saturated carbocycles. The fourth-order valence-electron chi connectivity index (χ4n) is 6.37. The van der Waals surface area contributed by atoms with Gasteiger partial charge in [-0.15, -0.1) is 0 Å². The molecule has 2 amide bonds. The molecule has 2 aromatic carbocycles. The van der Waals surface area contributed by atoms with Crippen molar-refractivity contribution in [2.75, 3.05) is 61.9 Å². The van der Waals surface area contributed by atoms with Crippen LogP contribution in [0.5, 0.6) is 11.5 Å². The van der Waals surface area contributed by atoms with Crippen LogP contribution in [-0.2, 0) is 19.4 Å². The van der Waals surface area contributed by atoms with E-state index in [1.54, 1.807) is 56.3 Å². The highest BCUT2D eigenvalue weighted by atomic mass is 32.2. The summed E-state index contributed by atoms with van der Waals surface area (Å²) in [5, 5.41) is 2.86. The molecule has 0 radical (unpaired) electrons. The highest BCUT2D eigenvalue weighted by Gasteiger charge is 2.24. The van der Waals surface area contributed by atoms with Crippen LogP contribution < -0.4 is 32.0 Å². The number of ether oxygens (including phenoxy) is 2. The maximum atomic E-state index is 12.9. The number of likely N-dealkylation sites (tertiary alicyclic amines) is 2. The summed E-state index contributed by atoms with van der Waals surface area (Å²) >= 11 is 0. The Bertz CT molecular complexity index is 2260. The minimum absolute atomic E-state index is 0. The van der Waals surface area contributed by atoms with Crippen LogP contribution >= 0.6 is 0 Å². The Hall–Kier alpha value is -6.21. The molecule has 62 heavy (non-hydrogen) atoms. The van der Waals surface area contributed by atoms with Crippen LogP contribution in [0.15, 0.2) is 66.1 Å². The molecule has 19 heteroatoms. The van der Waals surface area contributed by atoms with E-state index >= 15 is 0 Å². The van der Waals surface area contributed by atoms with E-state index in [0.717, 1.165) is 45.0 Å². The van der Waals surface area contributed by atoms with Crippen LogP contribution in [0, 0.1) is 0 Å². The van der Waals surface area contributed by atoms with Crippen molar-refractivity contribution in [1.82, 2.24) is 29.7 Å². The molecule has 2 aromatic heterocycles. The molecule has 4 aromatic rings. The number of benzene rings is 2. The van der Waals surface area contributed by atoms with E-state index in [2.05, 4.69) is 25.3 Å². The van der Waals surface area contributed by atoms with E-state index in [4.69, 9.17) is 26.7 Å². The molecule has 18 nitrogen and oxygen atoms in total. The predicted octanol–water partition coefficient (Wildman–Crippen LogP) is 4.19. The number of nitrogen functional groups attached to an aromatic ring is 2. The highest BCUT2D eigenvalue weighted by Crippen LogP contribution is 2.26. The molecule has 0 spiro atoms. The van der Waals surface area contributed by atoms with Crippen LogP contribution in [0.3, 0.4) is 0 Å². The van der Waals surface area contributed by atoms with E-state index in [1.807, 2.05) is 29.7 Å². The van der Waals surface area contributed by atoms with E-state index in [-0.39, 0.29) is 64.7 Å². The van der Waals surface area contributed by atoms with Gasteiger partial charge in [0.05, 0.1) is 41.2 Å². The molecule has 2 aliphatic heterocycles. The second kappa shape index (κ2) is 23.7. The molecule has 0 atom stereocenters. The van der Waals surface area contributed by atoms with Crippen molar-refractivity contribution in [3.63, 3.8) is 0 Å². The Labute approximate surface area is 363 Å². The quantitative estimate of drug-likeness (QED) is 0.115. The Morgan fingerprint density at radius 3 is 1.55 bits per heavy atom. The van der Waals surface area contributed by atoms with Crippen LogP contribution in [0.2, 0.25) is 0 Å². The smallest absolute Gasteiger partial charge is 0.249 e. The maximum Gasteiger partial charge on any atom is 0.249 e. The number of amides is 2. The standard InChI is InChI=1S/C20H25N5O3.C15H17N3O4S.C7H14N2O.CH4/c1-3-28-17-7-5-4-6-15(17)18(27)16-12-22-20(24-19(16)21)23-14-8-10-25(11-9-14)13(2)26;1-3-22-12-8-6-5-7-10(12)13(19)11-9-17-15(18-14(11)16)23(20,21)4-2;1-6(10)9-4-2-7(8)3-5-9;/h4-7,12,14H,3,8-11H2,1-2H3,(H3,21,22,23,24);5-9H,3-4H2,1-2H3,(H2,16,17,18);7H,2-5,8H2,1H3;1H4. The summed E-state index contributed by atoms with van der Waals surface area (Å²) in [6, 6.07) is 14.2. The van der Waals surface area contributed by atoms with Gasteiger partial charge in [-0.1, -0.05) is 38.6 Å². The van der Waals surface area contributed by atoms with Gasteiger partial charge in [0.1, 0.15) is 23.1 Å². The fraction of sp³-hybridized carbons (Fsp3) is 0.442. The third-order valence-corrected chi connectivity index (χ3v) is 11.4. The highest BCUT2D eigenvalue weighted by molar-refractivity contribution is 7.91. The van der Waals surface area contributed by atoms with Gasteiger partial charge in [0.25, 0.3) is 0 Å². The minimum Gasteiger partial charge on any atom is -0.493 e. The summed E-state index contributed by atoms with van der Waals surface area (Å²) in [5.74, 6) is 0.675. The molecule has 6 rings (SSSR count). The first kappa shape index (κ1) is 50.1. The Balaban J connectivity index is 0.000000270. The first-order valence-corrected chi connectivity index (χ1v) is 21.8. The van der Waals surface area contributed by atoms with Gasteiger partial charge in [-0.3, -0.25) is 19.2 Å². The van der Waals surface area contributed by atoms with Gasteiger partial charge in [-0.25, -0.2) is 23.4 Å². The number of nitrogens with two attached hydrogens (primary N) is 3. The summed E-state index contributed by atoms with van der Waals surface area (Å²) in [6.45, 7) is 12.3. The molecule has 0 unspecified atom stereocenters. The van der Waals surface area contributed by atoms with Gasteiger partial charge in [0.15, 0.2) is 0 Å². The summed E-state index contributed by atoms with van der Waals surface area (Å²) in [5.41, 5.74) is 18.5. The number of piperidine rings is 2. The number of hydrogen-bond donors (Lipinski definition) is 4. The van der Waals surface area contributed by atoms with Crippen molar-refractivity contribution in [3.05, 3.63) is 83.2 Å². The number of sulfone groups is 1. The number of nitrogens with one attached hydrogen (secondary N) is 1. The monoisotopic (exact) mass is 876 g/mol. The average Bonchev–Trinajstić information content (AvgIpc) is 3.25. The number of ketones is 2. The lowest BCUT2D eigenvalue weighted by Crippen LogP contribution is -2.41. The number of hydrogen-bond acceptors (Lipinski definition) is 16. The summed E-state index contributed by atoms with van der Waals surface area (Å²) in [4.78, 5) is 67.4. The van der Waals surface area contributed by atoms with Crippen molar-refractivity contribution < 1.29 is 37.1 Å². The number of para-hydroxylation sites is 2. The Kier molecular flexibility index (Phi) is 19.2. The first-order chi connectivity index (χ1) is 29.1. The number of nitrogens with zero attached hydrogens (tertiary/aromatic N) is 6. The lowest BCUT2D eigenvalue weighted by molar-refractivity contribution is -0.130. The summed E-state index contributed by atoms with van der Waals surface area (Å²) in [7, 11) is -3.58. The van der Waals surface area contributed by atoms with Crippen molar-refractivity contribution >= 4 is 50.8 Å². The molecular formula is C43H60N10O8S. The third-order valence-electron chi connectivity index (χ3n) is 9.88. The van der Waals surface area contributed by atoms with Gasteiger partial charge in [0, 0.05) is 64.5 Å². The SMILES string of the molecule is C.CC(=O)N1CCC(N)CC1.CCOc1ccccc1C(=O)c1cnc(NC2CCN(C(C)=O)CC2)nc1N.CCOc1ccccc1C(=O)c1cnc(S(=O)(=O)CC)nc1N. The third kappa shape index (κ3) is 13.7. The second-order valence-corrected chi connectivity index (χ2v) is 16.3. The van der Waals surface area contributed by atoms with Crippen molar-refractivity contribution in [2.45, 2.75) is 85.0 Å². The number of anilines is 3. The molecule has 2 fully saturated rings. The lowest BCUT2D eigenvalue weighted by Gasteiger charge is -2.31. The summed E-state index contributed by atoms with van der Waals surface area (Å²) in [6.07, 6.45) is 6.12. The largest absolute Gasteiger partial charge is 0.493 e. The molecule has 7 N–H and O–H groups in total. The van der Waals surface area contributed by atoms with Crippen LogP contribution in [0.1, 0.15) is 99.6 Å². The average molecular weight is 877 g/mol. The molecule has 0 bridgehead atoms. The van der Waals surface area contributed by atoms with E-state index in [9.17, 15) is 27.6 Å². The van der Waals surface area contributed by atoms with Crippen LogP contribution in [-0.4, -0.2) is 119 Å². The zero-order valence-electron chi connectivity index (χ0n) is 35.3. The van der Waals surface area contributed by atoms with E-state index in [1.165, 1.54) is 13.1 Å². The van der Waals surface area contributed by atoms with Crippen molar-refractivity contribution in [3.8, 4) is 11.5 Å². The van der Waals surface area contributed by atoms with Crippen LogP contribution in [0.4, 0.5) is 17.6 Å². The van der Waals surface area contributed by atoms with Crippen molar-refractivity contribution in [2.24, 2.45) is 5.73 Å². The van der Waals surface area contributed by atoms with Gasteiger partial charge >= 0.3 is 0 Å². The normalized spacial score (nSPS) is 14.2. The topological polar surface area (TPSA) is 269 Å². The molecule has 2 aliphatic rings. The number of carbonyl (C=O) groups is 4. The van der Waals surface area contributed by atoms with Gasteiger partial charge in [-0.05, 0) is 63.8 Å². The first-order valence-electron chi connectivity index (χ1n) is 20.1. The fourth-order valence-corrected chi connectivity index (χ4v) is 7.08. The Morgan fingerprint density at radius 2 is 1.13 bits per heavy atom. The zero-order chi connectivity index (χ0) is 44.7. The maximum absolute atomic E-state index is 12.9. The Morgan fingerprint density at radius 1 is 0.694 bits per heavy atom. The molecule has 0 aliphatic carbocycles. The van der Waals surface area contributed by atoms with E-state index in [0.29, 0.717) is 60.9 Å². The molecule has 4 heterocycles. The van der Waals surface area contributed by atoms with Gasteiger partial charge in [-0.2, -0.15) is 4.98 Å². The molecular weight excluding hydrogens is 817 g/mol. The van der Waals surface area contributed by atoms with E-state index < -0.39 is 15.6 Å². The summed E-state index contributed by atoms with van der Waals surface area (Å²) < 4.78 is 34.5. The van der Waals surface area contributed by atoms with Crippen molar-refractivity contribution in [1.29, 1.82) is 0 Å². The molecule has 2 saturated heterocycles. The number of rotatable bonds is 12. The lowest BCUT2D eigenvalue weighted by atomic mass is 10.0. The number of aromatic nitrogens is 4. The van der Waals surface area contributed by atoms with Crippen LogP contribution in [0.25, 0.3) is 0 Å². The number of carbonyl (C=O) groups excluding carboxylic acids is 4. The van der Waals surface area contributed by atoms with Gasteiger partial charge < -0.3 is 41.8 Å². The minimum atomic E-state index is -3.58. The molecule has 336 valence electrons.